The molecule has 0 bridgehead atoms. The van der Waals surface area contributed by atoms with Crippen molar-refractivity contribution >= 4 is 11.8 Å². The summed E-state index contributed by atoms with van der Waals surface area (Å²) in [4.78, 5) is 5.58. The van der Waals surface area contributed by atoms with Gasteiger partial charge in [-0.3, -0.25) is 0 Å². The molecule has 1 aromatic carbocycles. The third kappa shape index (κ3) is 4.35. The zero-order valence-electron chi connectivity index (χ0n) is 13.3. The minimum absolute atomic E-state index is 0.400. The highest BCUT2D eigenvalue weighted by molar-refractivity contribution is 7.98. The first kappa shape index (κ1) is 16.1. The van der Waals surface area contributed by atoms with Crippen LogP contribution in [0, 0.1) is 0 Å². The van der Waals surface area contributed by atoms with Crippen LogP contribution in [0.3, 0.4) is 0 Å². The van der Waals surface area contributed by atoms with Crippen LogP contribution in [0.15, 0.2) is 41.7 Å². The van der Waals surface area contributed by atoms with E-state index in [1.807, 2.05) is 24.3 Å². The average molecular weight is 303 g/mol. The summed E-state index contributed by atoms with van der Waals surface area (Å²) in [6.45, 7) is 9.72. The molecular weight excluding hydrogens is 278 g/mol. The number of aromatic nitrogens is 2. The van der Waals surface area contributed by atoms with Gasteiger partial charge in [-0.15, -0.1) is 11.8 Å². The number of thioether (sulfide) groups is 1. The molecule has 2 rings (SSSR count). The molecule has 0 saturated heterocycles. The number of imidazole rings is 1. The Hall–Kier alpha value is -1.26. The summed E-state index contributed by atoms with van der Waals surface area (Å²) in [6.07, 6.45) is 3.89. The number of hydrogen-bond donors (Lipinski definition) is 1. The van der Waals surface area contributed by atoms with E-state index in [4.69, 9.17) is 0 Å². The Kier molecular flexibility index (Phi) is 5.88. The summed E-state index contributed by atoms with van der Waals surface area (Å²) in [5.74, 6) is 0.956. The Morgan fingerprint density at radius 3 is 2.81 bits per heavy atom. The van der Waals surface area contributed by atoms with Crippen molar-refractivity contribution in [3.63, 3.8) is 0 Å². The molecule has 0 amide bonds. The molecule has 0 aliphatic rings. The largest absolute Gasteiger partial charge is 0.331 e. The quantitative estimate of drug-likeness (QED) is 0.768. The Morgan fingerprint density at radius 2 is 2.10 bits per heavy atom. The molecule has 0 radical (unpaired) electrons. The van der Waals surface area contributed by atoms with Crippen molar-refractivity contribution in [2.75, 3.05) is 6.54 Å². The lowest BCUT2D eigenvalue weighted by Gasteiger charge is -2.14. The van der Waals surface area contributed by atoms with Gasteiger partial charge >= 0.3 is 0 Å². The molecule has 1 heterocycles. The van der Waals surface area contributed by atoms with E-state index in [-0.39, 0.29) is 0 Å². The van der Waals surface area contributed by atoms with Gasteiger partial charge in [-0.05, 0) is 45.0 Å². The molecule has 0 aliphatic heterocycles. The monoisotopic (exact) mass is 303 g/mol. The van der Waals surface area contributed by atoms with E-state index in [0.717, 1.165) is 12.3 Å². The zero-order chi connectivity index (χ0) is 15.2. The number of nitrogens with one attached hydrogen (secondary N) is 1. The summed E-state index contributed by atoms with van der Waals surface area (Å²) < 4.78 is 2.23. The van der Waals surface area contributed by atoms with Crippen molar-refractivity contribution in [2.24, 2.45) is 0 Å². The number of nitrogens with zero attached hydrogens (tertiary/aromatic N) is 2. The fourth-order valence-electron chi connectivity index (χ4n) is 2.36. The third-order valence-corrected chi connectivity index (χ3v) is 4.59. The minimum atomic E-state index is 0.400. The van der Waals surface area contributed by atoms with Gasteiger partial charge in [-0.1, -0.05) is 19.1 Å². The lowest BCUT2D eigenvalue weighted by molar-refractivity contribution is 0.584. The van der Waals surface area contributed by atoms with Gasteiger partial charge in [0, 0.05) is 34.6 Å². The first-order valence-electron chi connectivity index (χ1n) is 7.58. The highest BCUT2D eigenvalue weighted by Gasteiger charge is 2.08. The van der Waals surface area contributed by atoms with Crippen LogP contribution in [-0.4, -0.2) is 16.1 Å². The van der Waals surface area contributed by atoms with Crippen molar-refractivity contribution in [1.82, 2.24) is 14.9 Å². The topological polar surface area (TPSA) is 29.9 Å². The summed E-state index contributed by atoms with van der Waals surface area (Å²) in [5.41, 5.74) is 2.62. The molecule has 114 valence electrons. The Morgan fingerprint density at radius 1 is 1.29 bits per heavy atom. The van der Waals surface area contributed by atoms with Crippen LogP contribution in [0.5, 0.6) is 0 Å². The van der Waals surface area contributed by atoms with E-state index in [9.17, 15) is 0 Å². The third-order valence-electron chi connectivity index (χ3n) is 3.56. The summed E-state index contributed by atoms with van der Waals surface area (Å²) in [5, 5.41) is 3.46. The van der Waals surface area contributed by atoms with Crippen molar-refractivity contribution in [1.29, 1.82) is 0 Å². The van der Waals surface area contributed by atoms with Gasteiger partial charge in [0.25, 0.3) is 0 Å². The number of hydrogen-bond acceptors (Lipinski definition) is 3. The maximum absolute atomic E-state index is 4.27. The smallest absolute Gasteiger partial charge is 0.0950 e. The second kappa shape index (κ2) is 7.66. The maximum atomic E-state index is 4.27. The first-order chi connectivity index (χ1) is 10.1. The number of rotatable bonds is 7. The molecule has 1 unspecified atom stereocenters. The van der Waals surface area contributed by atoms with Gasteiger partial charge in [-0.25, -0.2) is 4.98 Å². The second-order valence-corrected chi connectivity index (χ2v) is 6.58. The predicted octanol–water partition coefficient (Wildman–Crippen LogP) is 4.43. The van der Waals surface area contributed by atoms with E-state index in [1.54, 1.807) is 0 Å². The molecule has 21 heavy (non-hydrogen) atoms. The molecule has 0 saturated carbocycles. The first-order valence-corrected chi connectivity index (χ1v) is 8.57. The Balaban J connectivity index is 2.03. The SMILES string of the molecule is CCNC(C)c1cccc(SCc2cncn2C(C)C)c1. The molecule has 0 aliphatic carbocycles. The lowest BCUT2D eigenvalue weighted by atomic mass is 10.1. The fraction of sp³-hybridized carbons (Fsp3) is 0.471. The van der Waals surface area contributed by atoms with Gasteiger partial charge in [0.2, 0.25) is 0 Å². The molecule has 0 fully saturated rings. The highest BCUT2D eigenvalue weighted by atomic mass is 32.2. The van der Waals surface area contributed by atoms with E-state index < -0.39 is 0 Å². The van der Waals surface area contributed by atoms with Crippen LogP contribution >= 0.6 is 11.8 Å². The molecule has 3 nitrogen and oxygen atoms in total. The van der Waals surface area contributed by atoms with Crippen LogP contribution in [0.2, 0.25) is 0 Å². The molecule has 1 N–H and O–H groups in total. The van der Waals surface area contributed by atoms with E-state index in [2.05, 4.69) is 66.8 Å². The Labute approximate surface area is 132 Å². The fourth-order valence-corrected chi connectivity index (χ4v) is 3.30. The van der Waals surface area contributed by atoms with E-state index in [0.29, 0.717) is 12.1 Å². The van der Waals surface area contributed by atoms with Crippen molar-refractivity contribution < 1.29 is 0 Å². The maximum Gasteiger partial charge on any atom is 0.0950 e. The lowest BCUT2D eigenvalue weighted by Crippen LogP contribution is -2.17. The van der Waals surface area contributed by atoms with Crippen LogP contribution < -0.4 is 5.32 Å². The van der Waals surface area contributed by atoms with Gasteiger partial charge in [0.15, 0.2) is 0 Å². The van der Waals surface area contributed by atoms with E-state index >= 15 is 0 Å². The number of benzene rings is 1. The van der Waals surface area contributed by atoms with Gasteiger partial charge in [-0.2, -0.15) is 0 Å². The minimum Gasteiger partial charge on any atom is -0.331 e. The summed E-state index contributed by atoms with van der Waals surface area (Å²) in [7, 11) is 0. The van der Waals surface area contributed by atoms with Crippen LogP contribution in [-0.2, 0) is 5.75 Å². The highest BCUT2D eigenvalue weighted by Crippen LogP contribution is 2.26. The molecule has 1 aromatic heterocycles. The molecule has 4 heteroatoms. The molecule has 2 aromatic rings. The molecule has 1 atom stereocenters. The molecule has 0 spiro atoms. The Bertz CT molecular complexity index is 563. The van der Waals surface area contributed by atoms with Crippen LogP contribution in [0.4, 0.5) is 0 Å². The normalized spacial score (nSPS) is 12.8. The summed E-state index contributed by atoms with van der Waals surface area (Å²) >= 11 is 1.87. The second-order valence-electron chi connectivity index (χ2n) is 5.53. The predicted molar refractivity (Wildman–Crippen MR) is 90.7 cm³/mol. The standard InChI is InChI=1S/C17H25N3S/c1-5-19-14(4)15-7-6-8-17(9-15)21-11-16-10-18-12-20(16)13(2)3/h6-10,12-14,19H,5,11H2,1-4H3. The van der Waals surface area contributed by atoms with Gasteiger partial charge < -0.3 is 9.88 Å². The summed E-state index contributed by atoms with van der Waals surface area (Å²) in [6, 6.07) is 9.66. The zero-order valence-corrected chi connectivity index (χ0v) is 14.2. The van der Waals surface area contributed by atoms with Crippen LogP contribution in [0.1, 0.15) is 51.0 Å². The van der Waals surface area contributed by atoms with Gasteiger partial charge in [0.1, 0.15) is 0 Å². The van der Waals surface area contributed by atoms with E-state index in [1.165, 1.54) is 16.2 Å². The van der Waals surface area contributed by atoms with Gasteiger partial charge in [0.05, 0.1) is 6.33 Å². The van der Waals surface area contributed by atoms with Crippen LogP contribution in [0.25, 0.3) is 0 Å². The van der Waals surface area contributed by atoms with Crippen molar-refractivity contribution in [3.8, 4) is 0 Å². The average Bonchev–Trinajstić information content (AvgIpc) is 2.94. The molecular formula is C17H25N3S. The van der Waals surface area contributed by atoms with Crippen molar-refractivity contribution in [2.45, 2.75) is 50.4 Å². The van der Waals surface area contributed by atoms with Crippen molar-refractivity contribution in [3.05, 3.63) is 48.0 Å².